The van der Waals surface area contributed by atoms with Gasteiger partial charge in [-0.25, -0.2) is 0 Å². The van der Waals surface area contributed by atoms with E-state index in [1.54, 1.807) is 30.3 Å². The van der Waals surface area contributed by atoms with Gasteiger partial charge in [0.15, 0.2) is 6.61 Å². The van der Waals surface area contributed by atoms with Crippen LogP contribution in [0.5, 0.6) is 5.75 Å². The molecule has 1 aliphatic rings. The van der Waals surface area contributed by atoms with E-state index in [0.717, 1.165) is 5.56 Å². The van der Waals surface area contributed by atoms with Crippen LogP contribution in [-0.2, 0) is 11.2 Å². The Hall–Kier alpha value is -1.88. The molecule has 4 N–H and O–H groups in total. The molecule has 1 fully saturated rings. The zero-order valence-corrected chi connectivity index (χ0v) is 16.9. The van der Waals surface area contributed by atoms with Crippen molar-refractivity contribution in [2.24, 2.45) is 0 Å². The van der Waals surface area contributed by atoms with Gasteiger partial charge in [-0.05, 0) is 41.3 Å². The molecule has 1 heterocycles. The molecule has 0 amide bonds. The van der Waals surface area contributed by atoms with Gasteiger partial charge in [0.1, 0.15) is 36.3 Å². The minimum absolute atomic E-state index is 0.0854. The highest BCUT2D eigenvalue weighted by Gasteiger charge is 2.44. The van der Waals surface area contributed by atoms with Crippen LogP contribution in [0.1, 0.15) is 22.8 Å². The second kappa shape index (κ2) is 9.72. The average molecular weight is 463 g/mol. The maximum atomic E-state index is 12.3. The molecule has 170 valence electrons. The van der Waals surface area contributed by atoms with Crippen LogP contribution >= 0.6 is 11.6 Å². The van der Waals surface area contributed by atoms with Gasteiger partial charge >= 0.3 is 6.18 Å². The highest BCUT2D eigenvalue weighted by Crippen LogP contribution is 2.34. The monoisotopic (exact) mass is 462 g/mol. The molecule has 10 heteroatoms. The van der Waals surface area contributed by atoms with Gasteiger partial charge in [-0.15, -0.1) is 0 Å². The smallest absolute Gasteiger partial charge is 0.422 e. The van der Waals surface area contributed by atoms with E-state index in [2.05, 4.69) is 4.74 Å². The lowest BCUT2D eigenvalue weighted by molar-refractivity contribution is -0.231. The van der Waals surface area contributed by atoms with Gasteiger partial charge in [0.2, 0.25) is 0 Å². The molecule has 1 unspecified atom stereocenters. The maximum Gasteiger partial charge on any atom is 0.422 e. The molecule has 0 radical (unpaired) electrons. The fourth-order valence-electron chi connectivity index (χ4n) is 3.37. The van der Waals surface area contributed by atoms with Crippen LogP contribution in [0.25, 0.3) is 0 Å². The van der Waals surface area contributed by atoms with Gasteiger partial charge in [-0.3, -0.25) is 0 Å². The van der Waals surface area contributed by atoms with E-state index in [1.807, 2.05) is 0 Å². The third-order valence-corrected chi connectivity index (χ3v) is 5.38. The Bertz CT molecular complexity index is 874. The van der Waals surface area contributed by atoms with Gasteiger partial charge < -0.3 is 29.9 Å². The highest BCUT2D eigenvalue weighted by molar-refractivity contribution is 6.31. The number of benzene rings is 2. The molecule has 1 saturated heterocycles. The van der Waals surface area contributed by atoms with Crippen molar-refractivity contribution in [3.63, 3.8) is 0 Å². The molecule has 0 saturated carbocycles. The summed E-state index contributed by atoms with van der Waals surface area (Å²) in [4.78, 5) is 0. The lowest BCUT2D eigenvalue weighted by Gasteiger charge is -2.40. The Balaban J connectivity index is 1.75. The number of aliphatic hydroxyl groups excluding tert-OH is 4. The number of ether oxygens (including phenoxy) is 2. The van der Waals surface area contributed by atoms with Gasteiger partial charge in [-0.2, -0.15) is 13.2 Å². The zero-order chi connectivity index (χ0) is 22.8. The molecule has 2 aromatic rings. The molecule has 0 spiro atoms. The Kier molecular flexibility index (Phi) is 7.46. The fraction of sp³-hybridized carbons (Fsp3) is 0.429. The Labute approximate surface area is 181 Å². The highest BCUT2D eigenvalue weighted by atomic mass is 35.5. The van der Waals surface area contributed by atoms with Crippen LogP contribution in [0.15, 0.2) is 42.5 Å². The van der Waals surface area contributed by atoms with E-state index in [0.29, 0.717) is 22.6 Å². The van der Waals surface area contributed by atoms with Gasteiger partial charge in [0.05, 0.1) is 6.61 Å². The quantitative estimate of drug-likeness (QED) is 0.526. The first kappa shape index (κ1) is 23.8. The molecule has 0 bridgehead atoms. The summed E-state index contributed by atoms with van der Waals surface area (Å²) in [5, 5.41) is 40.0. The van der Waals surface area contributed by atoms with Crippen LogP contribution in [0.4, 0.5) is 13.2 Å². The number of hydrogen-bond acceptors (Lipinski definition) is 6. The molecule has 3 rings (SSSR count). The Morgan fingerprint density at radius 1 is 0.968 bits per heavy atom. The van der Waals surface area contributed by atoms with E-state index in [4.69, 9.17) is 16.3 Å². The standard InChI is InChI=1S/C21H22ClF3O6/c22-15-6-3-12(20-19(29)18(28)17(27)16(9-26)31-20)8-13(15)7-11-1-4-14(5-2-11)30-10-21(23,24)25/h1-6,8,16-20,26-29H,7,9-10H2/t16-,17-,18+,19-,20?/m1/s1. The summed E-state index contributed by atoms with van der Waals surface area (Å²) < 4.78 is 47.0. The lowest BCUT2D eigenvalue weighted by Crippen LogP contribution is -2.55. The number of alkyl halides is 3. The minimum atomic E-state index is -4.42. The summed E-state index contributed by atoms with van der Waals surface area (Å²) in [6.07, 6.45) is -10.5. The topological polar surface area (TPSA) is 99.4 Å². The molecular formula is C21H22ClF3O6. The average Bonchev–Trinajstić information content (AvgIpc) is 2.73. The van der Waals surface area contributed by atoms with Gasteiger partial charge in [-0.1, -0.05) is 35.9 Å². The molecule has 6 nitrogen and oxygen atoms in total. The van der Waals surface area contributed by atoms with Crippen molar-refractivity contribution in [1.82, 2.24) is 0 Å². The zero-order valence-electron chi connectivity index (χ0n) is 16.2. The van der Waals surface area contributed by atoms with Crippen molar-refractivity contribution in [1.29, 1.82) is 0 Å². The first-order valence-corrected chi connectivity index (χ1v) is 9.84. The molecular weight excluding hydrogens is 441 g/mol. The molecule has 2 aromatic carbocycles. The second-order valence-corrected chi connectivity index (χ2v) is 7.73. The predicted octanol–water partition coefficient (Wildman–Crippen LogP) is 2.39. The van der Waals surface area contributed by atoms with E-state index < -0.39 is 49.9 Å². The van der Waals surface area contributed by atoms with Crippen LogP contribution in [-0.4, -0.2) is 64.2 Å². The molecule has 1 aliphatic heterocycles. The van der Waals surface area contributed by atoms with Crippen LogP contribution in [0, 0.1) is 0 Å². The number of halogens is 4. The second-order valence-electron chi connectivity index (χ2n) is 7.32. The van der Waals surface area contributed by atoms with Crippen LogP contribution in [0.3, 0.4) is 0 Å². The summed E-state index contributed by atoms with van der Waals surface area (Å²) in [5.74, 6) is 0.0854. The van der Waals surface area contributed by atoms with Crippen molar-refractivity contribution >= 4 is 11.6 Å². The summed E-state index contributed by atoms with van der Waals surface area (Å²) in [6.45, 7) is -1.91. The van der Waals surface area contributed by atoms with Crippen molar-refractivity contribution in [2.75, 3.05) is 13.2 Å². The van der Waals surface area contributed by atoms with Gasteiger partial charge in [0.25, 0.3) is 0 Å². The molecule has 0 aromatic heterocycles. The van der Waals surface area contributed by atoms with Crippen molar-refractivity contribution in [3.8, 4) is 5.75 Å². The largest absolute Gasteiger partial charge is 0.484 e. The fourth-order valence-corrected chi connectivity index (χ4v) is 3.56. The maximum absolute atomic E-state index is 12.3. The minimum Gasteiger partial charge on any atom is -0.484 e. The summed E-state index contributed by atoms with van der Waals surface area (Å²) in [7, 11) is 0. The third kappa shape index (κ3) is 5.88. The third-order valence-electron chi connectivity index (χ3n) is 5.01. The van der Waals surface area contributed by atoms with Crippen LogP contribution in [0.2, 0.25) is 5.02 Å². The number of hydrogen-bond donors (Lipinski definition) is 4. The van der Waals surface area contributed by atoms with E-state index in [-0.39, 0.29) is 5.75 Å². The number of rotatable bonds is 6. The molecule has 31 heavy (non-hydrogen) atoms. The van der Waals surface area contributed by atoms with E-state index >= 15 is 0 Å². The first-order chi connectivity index (χ1) is 14.6. The van der Waals surface area contributed by atoms with E-state index in [1.165, 1.54) is 12.1 Å². The SMILES string of the molecule is OC[C@H]1OC(c2ccc(Cl)c(Cc3ccc(OCC(F)(F)F)cc3)c2)[C@H](O)[C@@H](O)[C@@H]1O. The Morgan fingerprint density at radius 3 is 2.26 bits per heavy atom. The molecule has 5 atom stereocenters. The Morgan fingerprint density at radius 2 is 1.65 bits per heavy atom. The van der Waals surface area contributed by atoms with Crippen molar-refractivity contribution < 1.29 is 43.1 Å². The van der Waals surface area contributed by atoms with Crippen molar-refractivity contribution in [3.05, 3.63) is 64.2 Å². The molecule has 0 aliphatic carbocycles. The van der Waals surface area contributed by atoms with Crippen LogP contribution < -0.4 is 4.74 Å². The van der Waals surface area contributed by atoms with Gasteiger partial charge in [0, 0.05) is 5.02 Å². The summed E-state index contributed by atoms with van der Waals surface area (Å²) in [6, 6.07) is 10.9. The lowest BCUT2D eigenvalue weighted by atomic mass is 9.90. The van der Waals surface area contributed by atoms with Crippen molar-refractivity contribution in [2.45, 2.75) is 43.1 Å². The first-order valence-electron chi connectivity index (χ1n) is 9.46. The summed E-state index contributed by atoms with van der Waals surface area (Å²) >= 11 is 6.28. The number of aliphatic hydroxyl groups is 4. The predicted molar refractivity (Wildman–Crippen MR) is 105 cm³/mol. The normalized spacial score (nSPS) is 26.6. The summed E-state index contributed by atoms with van der Waals surface area (Å²) in [5.41, 5.74) is 1.90. The van der Waals surface area contributed by atoms with E-state index in [9.17, 15) is 33.6 Å².